The Labute approximate surface area is 106 Å². The molecule has 1 heterocycles. The molecule has 0 unspecified atom stereocenters. The molecule has 0 spiro atoms. The Morgan fingerprint density at radius 1 is 1.06 bits per heavy atom. The molecule has 18 heavy (non-hydrogen) atoms. The largest absolute Gasteiger partial charge is 0.459 e. The molecule has 104 valence electrons. The van der Waals surface area contributed by atoms with Crippen LogP contribution < -0.4 is 0 Å². The summed E-state index contributed by atoms with van der Waals surface area (Å²) >= 11 is 5.75. The summed E-state index contributed by atoms with van der Waals surface area (Å²) in [4.78, 5) is 0. The molecule has 0 aliphatic rings. The third-order valence-corrected chi connectivity index (χ3v) is 2.81. The molecule has 1 aromatic heterocycles. The molecule has 0 aliphatic heterocycles. The third kappa shape index (κ3) is 2.32. The van der Waals surface area contributed by atoms with Crippen molar-refractivity contribution >= 4 is 11.6 Å². The Hall–Kier alpha value is -0.850. The Morgan fingerprint density at radius 2 is 1.50 bits per heavy atom. The van der Waals surface area contributed by atoms with E-state index in [1.165, 1.54) is 27.8 Å². The van der Waals surface area contributed by atoms with Gasteiger partial charge in [0.15, 0.2) is 0 Å². The van der Waals surface area contributed by atoms with E-state index < -0.39 is 23.2 Å². The molecule has 0 aromatic carbocycles. The number of hydrogen-bond acceptors (Lipinski definition) is 1. The molecule has 0 N–H and O–H groups in total. The number of alkyl halides is 5. The molecule has 1 rings (SSSR count). The molecule has 0 aliphatic carbocycles. The van der Waals surface area contributed by atoms with E-state index in [2.05, 4.69) is 5.10 Å². The minimum absolute atomic E-state index is 0.221. The molecule has 0 saturated heterocycles. The van der Waals surface area contributed by atoms with Gasteiger partial charge < -0.3 is 0 Å². The Balaban J connectivity index is 3.58. The zero-order valence-corrected chi connectivity index (χ0v) is 10.9. The van der Waals surface area contributed by atoms with Crippen molar-refractivity contribution in [3.63, 3.8) is 0 Å². The molecule has 1 aromatic rings. The summed E-state index contributed by atoms with van der Waals surface area (Å²) in [5.74, 6) is -5.03. The monoisotopic (exact) mass is 290 g/mol. The lowest BCUT2D eigenvalue weighted by molar-refractivity contribution is -0.291. The van der Waals surface area contributed by atoms with Crippen molar-refractivity contribution in [3.8, 4) is 0 Å². The molecule has 0 fully saturated rings. The highest BCUT2D eigenvalue weighted by Gasteiger charge is 2.62. The summed E-state index contributed by atoms with van der Waals surface area (Å²) in [5, 5.41) is 3.01. The van der Waals surface area contributed by atoms with Crippen molar-refractivity contribution in [1.82, 2.24) is 9.78 Å². The van der Waals surface area contributed by atoms with Gasteiger partial charge in [-0.2, -0.15) is 27.1 Å². The number of halogens is 6. The average molecular weight is 291 g/mol. The number of aromatic nitrogens is 2. The highest BCUT2D eigenvalue weighted by Crippen LogP contribution is 2.48. The van der Waals surface area contributed by atoms with Crippen molar-refractivity contribution in [2.45, 2.75) is 38.3 Å². The molecule has 0 radical (unpaired) electrons. The van der Waals surface area contributed by atoms with Crippen LogP contribution in [-0.2, 0) is 18.4 Å². The SMILES string of the molecule is Cn1nc(C(F)(F)C(F)(F)F)c(C(C)(C)C)c1Cl. The van der Waals surface area contributed by atoms with Gasteiger partial charge in [0.1, 0.15) is 10.8 Å². The topological polar surface area (TPSA) is 17.8 Å². The lowest BCUT2D eigenvalue weighted by Crippen LogP contribution is -2.36. The first-order valence-electron chi connectivity index (χ1n) is 4.98. The van der Waals surface area contributed by atoms with Crippen molar-refractivity contribution in [3.05, 3.63) is 16.4 Å². The molecular weight excluding hydrogens is 279 g/mol. The normalized spacial score (nSPS) is 14.1. The summed E-state index contributed by atoms with van der Waals surface area (Å²) < 4.78 is 64.7. The third-order valence-electron chi connectivity index (χ3n) is 2.38. The predicted octanol–water partition coefficient (Wildman–Crippen LogP) is 4.03. The van der Waals surface area contributed by atoms with E-state index in [0.717, 1.165) is 4.68 Å². The van der Waals surface area contributed by atoms with E-state index in [9.17, 15) is 22.0 Å². The van der Waals surface area contributed by atoms with Crippen LogP contribution in [0.1, 0.15) is 32.0 Å². The first kappa shape index (κ1) is 15.2. The van der Waals surface area contributed by atoms with E-state index in [0.29, 0.717) is 0 Å². The van der Waals surface area contributed by atoms with Crippen LogP contribution in [-0.4, -0.2) is 16.0 Å². The van der Waals surface area contributed by atoms with E-state index >= 15 is 0 Å². The number of aryl methyl sites for hydroxylation is 1. The molecule has 0 atom stereocenters. The number of nitrogens with zero attached hydrogens (tertiary/aromatic N) is 2. The van der Waals surface area contributed by atoms with Gasteiger partial charge in [-0.15, -0.1) is 0 Å². The van der Waals surface area contributed by atoms with Crippen LogP contribution in [0, 0.1) is 0 Å². The zero-order chi connectivity index (χ0) is 14.5. The van der Waals surface area contributed by atoms with Crippen LogP contribution in [0.3, 0.4) is 0 Å². The second-order valence-corrected chi connectivity index (χ2v) is 5.32. The molecule has 2 nitrogen and oxygen atoms in total. The Kier molecular flexibility index (Phi) is 3.45. The Bertz CT molecular complexity index is 456. The van der Waals surface area contributed by atoms with Gasteiger partial charge in [-0.1, -0.05) is 32.4 Å². The summed E-state index contributed by atoms with van der Waals surface area (Å²) in [6, 6.07) is 0. The maximum Gasteiger partial charge on any atom is 0.459 e. The van der Waals surface area contributed by atoms with Crippen LogP contribution in [0.4, 0.5) is 22.0 Å². The van der Waals surface area contributed by atoms with E-state index in [-0.39, 0.29) is 10.7 Å². The highest BCUT2D eigenvalue weighted by atomic mass is 35.5. The van der Waals surface area contributed by atoms with Gasteiger partial charge in [0.2, 0.25) is 0 Å². The molecule has 0 bridgehead atoms. The maximum atomic E-state index is 13.4. The minimum atomic E-state index is -5.70. The first-order valence-corrected chi connectivity index (χ1v) is 5.36. The smallest absolute Gasteiger partial charge is 0.256 e. The van der Waals surface area contributed by atoms with Gasteiger partial charge in [-0.25, -0.2) is 0 Å². The van der Waals surface area contributed by atoms with Crippen LogP contribution in [0.5, 0.6) is 0 Å². The number of hydrogen-bond donors (Lipinski definition) is 0. The second kappa shape index (κ2) is 4.08. The van der Waals surface area contributed by atoms with Crippen molar-refractivity contribution in [2.24, 2.45) is 7.05 Å². The quantitative estimate of drug-likeness (QED) is 0.714. The summed E-state index contributed by atoms with van der Waals surface area (Å²) in [5.41, 5.74) is -2.61. The van der Waals surface area contributed by atoms with Crippen molar-refractivity contribution < 1.29 is 22.0 Å². The standard InChI is InChI=1S/C10H12ClF5N2/c1-8(2,3)5-6(17-18(4)7(5)11)9(12,13)10(14,15)16/h1-4H3. The number of rotatable bonds is 1. The molecular formula is C10H12ClF5N2. The molecule has 0 amide bonds. The van der Waals surface area contributed by atoms with Crippen LogP contribution in [0.25, 0.3) is 0 Å². The van der Waals surface area contributed by atoms with E-state index in [4.69, 9.17) is 11.6 Å². The molecule has 0 saturated carbocycles. The fraction of sp³-hybridized carbons (Fsp3) is 0.700. The van der Waals surface area contributed by atoms with Crippen molar-refractivity contribution in [1.29, 1.82) is 0 Å². The van der Waals surface area contributed by atoms with E-state index in [1.807, 2.05) is 0 Å². The fourth-order valence-electron chi connectivity index (χ4n) is 1.52. The van der Waals surface area contributed by atoms with Crippen LogP contribution >= 0.6 is 11.6 Å². The van der Waals surface area contributed by atoms with Crippen LogP contribution in [0.2, 0.25) is 5.15 Å². The first-order chi connectivity index (χ1) is 7.80. The summed E-state index contributed by atoms with van der Waals surface area (Å²) in [6.45, 7) is 4.48. The van der Waals surface area contributed by atoms with Gasteiger partial charge in [0, 0.05) is 12.6 Å². The van der Waals surface area contributed by atoms with E-state index in [1.54, 1.807) is 0 Å². The predicted molar refractivity (Wildman–Crippen MR) is 56.9 cm³/mol. The lowest BCUT2D eigenvalue weighted by atomic mass is 9.86. The minimum Gasteiger partial charge on any atom is -0.256 e. The Morgan fingerprint density at radius 3 is 1.83 bits per heavy atom. The van der Waals surface area contributed by atoms with Gasteiger partial charge >= 0.3 is 12.1 Å². The fourth-order valence-corrected chi connectivity index (χ4v) is 1.93. The highest BCUT2D eigenvalue weighted by molar-refractivity contribution is 6.30. The van der Waals surface area contributed by atoms with Crippen molar-refractivity contribution in [2.75, 3.05) is 0 Å². The zero-order valence-electron chi connectivity index (χ0n) is 10.2. The van der Waals surface area contributed by atoms with Crippen LogP contribution in [0.15, 0.2) is 0 Å². The van der Waals surface area contributed by atoms with Gasteiger partial charge in [0.25, 0.3) is 0 Å². The summed E-state index contributed by atoms with van der Waals surface area (Å²) in [6.07, 6.45) is -5.70. The average Bonchev–Trinajstić information content (AvgIpc) is 2.40. The lowest BCUT2D eigenvalue weighted by Gasteiger charge is -2.24. The van der Waals surface area contributed by atoms with Gasteiger partial charge in [0.05, 0.1) is 0 Å². The second-order valence-electron chi connectivity index (χ2n) is 4.96. The van der Waals surface area contributed by atoms with Gasteiger partial charge in [-0.3, -0.25) is 4.68 Å². The van der Waals surface area contributed by atoms with Gasteiger partial charge in [-0.05, 0) is 5.41 Å². The molecule has 8 heteroatoms. The summed E-state index contributed by atoms with van der Waals surface area (Å²) in [7, 11) is 1.22. The maximum absolute atomic E-state index is 13.4.